The number of rotatable bonds is 17. The summed E-state index contributed by atoms with van der Waals surface area (Å²) < 4.78 is 18.5. The van der Waals surface area contributed by atoms with Crippen LogP contribution >= 0.6 is 0 Å². The molecule has 0 saturated carbocycles. The number of nitrogens with one attached hydrogen (secondary N) is 2. The smallest absolute Gasteiger partial charge is 0.311 e. The zero-order valence-electron chi connectivity index (χ0n) is 37.5. The third-order valence-electron chi connectivity index (χ3n) is 12.7. The number of nitrogens with zero attached hydrogens (tertiary/aromatic N) is 2. The maximum absolute atomic E-state index is 13.6. The molecule has 2 aliphatic rings. The summed E-state index contributed by atoms with van der Waals surface area (Å²) in [5, 5.41) is 66.1. The molecule has 3 rings (SSSR count). The number of unbranched alkanes of at least 4 members (excludes halogenated alkanes) is 3. The highest BCUT2D eigenvalue weighted by atomic mass is 16.7. The lowest BCUT2D eigenvalue weighted by atomic mass is 9.78. The molecule has 2 fully saturated rings. The fourth-order valence-corrected chi connectivity index (χ4v) is 9.11. The SMILES string of the molecule is CC[C@H]1OC(=O)[C@H](C)[C@@H](O)[C@H](C)[C@@H](O[C@@H]2O[C@H](C)C[C@H](N(C)C)[C@H]2O)C(C)(O)C[C@@H](C)CN(CCCNCCCCCCNCc2ccccc2)[C@H](C)[C@@H](O)[C@]1(C)O. The van der Waals surface area contributed by atoms with Crippen LogP contribution in [0.4, 0.5) is 0 Å². The van der Waals surface area contributed by atoms with Gasteiger partial charge in [0, 0.05) is 31.1 Å². The van der Waals surface area contributed by atoms with Gasteiger partial charge in [-0.1, -0.05) is 63.9 Å². The number of benzene rings is 1. The molecular formula is C45H82N4O9. The predicted molar refractivity (Wildman–Crippen MR) is 228 cm³/mol. The van der Waals surface area contributed by atoms with E-state index in [2.05, 4.69) is 39.8 Å². The van der Waals surface area contributed by atoms with Gasteiger partial charge in [-0.25, -0.2) is 0 Å². The van der Waals surface area contributed by atoms with E-state index in [0.717, 1.165) is 51.9 Å². The van der Waals surface area contributed by atoms with E-state index in [0.29, 0.717) is 19.5 Å². The summed E-state index contributed by atoms with van der Waals surface area (Å²) >= 11 is 0. The van der Waals surface area contributed by atoms with E-state index in [-0.39, 0.29) is 30.9 Å². The Morgan fingerprint density at radius 2 is 1.52 bits per heavy atom. The van der Waals surface area contributed by atoms with Crippen molar-refractivity contribution in [1.29, 1.82) is 0 Å². The lowest BCUT2D eigenvalue weighted by molar-refractivity contribution is -0.299. The molecule has 2 heterocycles. The molecule has 0 aromatic heterocycles. The van der Waals surface area contributed by atoms with Crippen molar-refractivity contribution in [3.8, 4) is 0 Å². The second-order valence-electron chi connectivity index (χ2n) is 18.4. The van der Waals surface area contributed by atoms with Crippen LogP contribution in [0.5, 0.6) is 0 Å². The second-order valence-corrected chi connectivity index (χ2v) is 18.4. The molecule has 1 unspecified atom stereocenters. The van der Waals surface area contributed by atoms with Gasteiger partial charge in [-0.3, -0.25) is 9.69 Å². The monoisotopic (exact) mass is 823 g/mol. The first-order valence-corrected chi connectivity index (χ1v) is 22.2. The molecular weight excluding hydrogens is 741 g/mol. The van der Waals surface area contributed by atoms with Crippen LogP contribution < -0.4 is 10.6 Å². The first-order chi connectivity index (χ1) is 27.3. The van der Waals surface area contributed by atoms with E-state index >= 15 is 0 Å². The second kappa shape index (κ2) is 24.0. The number of likely N-dealkylation sites (N-methyl/N-ethyl adjacent to an activating group) is 1. The summed E-state index contributed by atoms with van der Waals surface area (Å²) in [4.78, 5) is 17.7. The van der Waals surface area contributed by atoms with Gasteiger partial charge >= 0.3 is 5.97 Å². The largest absolute Gasteiger partial charge is 0.459 e. The minimum Gasteiger partial charge on any atom is -0.459 e. The van der Waals surface area contributed by atoms with Gasteiger partial charge in [0.05, 0.1) is 29.8 Å². The maximum atomic E-state index is 13.6. The Bertz CT molecular complexity index is 1310. The quantitative estimate of drug-likeness (QED) is 0.0897. The Balaban J connectivity index is 1.72. The number of carbonyl (C=O) groups is 1. The van der Waals surface area contributed by atoms with Crippen molar-refractivity contribution in [2.45, 2.75) is 180 Å². The van der Waals surface area contributed by atoms with Crippen LogP contribution in [-0.2, 0) is 25.5 Å². The van der Waals surface area contributed by atoms with Crippen LogP contribution in [0, 0.1) is 17.8 Å². The minimum atomic E-state index is -1.79. The van der Waals surface area contributed by atoms with Gasteiger partial charge in [-0.2, -0.15) is 0 Å². The highest BCUT2D eigenvalue weighted by Crippen LogP contribution is 2.37. The van der Waals surface area contributed by atoms with Gasteiger partial charge in [0.2, 0.25) is 0 Å². The number of ether oxygens (including phenoxy) is 3. The van der Waals surface area contributed by atoms with Crippen LogP contribution in [0.2, 0.25) is 0 Å². The lowest BCUT2D eigenvalue weighted by Crippen LogP contribution is -2.59. The predicted octanol–water partition coefficient (Wildman–Crippen LogP) is 3.68. The molecule has 58 heavy (non-hydrogen) atoms. The van der Waals surface area contributed by atoms with Gasteiger partial charge < -0.3 is 55.3 Å². The molecule has 0 radical (unpaired) electrons. The molecule has 336 valence electrons. The van der Waals surface area contributed by atoms with E-state index in [9.17, 15) is 30.3 Å². The van der Waals surface area contributed by atoms with Crippen molar-refractivity contribution >= 4 is 5.97 Å². The topological polar surface area (TPSA) is 176 Å². The standard InChI is InChI=1S/C45H82N4O9/c1-11-37-45(8,55)40(52)34(6)49(25-19-24-46-22-17-12-13-18-23-47-28-35-20-15-14-16-21-35)29-30(2)27-44(7,54)41(32(4)38(50)33(5)42(53)57-37)58-43-39(51)36(48(9)10)26-31(3)56-43/h14-16,20-21,30-34,36-41,43,46-47,50-52,54-55H,11-13,17-19,22-29H2,1-10H3/t30-,31-,32+,33-,34-,36+,37-,38+,39-,40-,41-,43+,44?,45-/m1/s1. The lowest BCUT2D eigenvalue weighted by Gasteiger charge is -2.46. The normalized spacial score (nSPS) is 37.6. The van der Waals surface area contributed by atoms with Crippen LogP contribution in [0.15, 0.2) is 30.3 Å². The third-order valence-corrected chi connectivity index (χ3v) is 12.7. The van der Waals surface area contributed by atoms with Gasteiger partial charge in [0.1, 0.15) is 23.9 Å². The third kappa shape index (κ3) is 14.7. The molecule has 2 saturated heterocycles. The van der Waals surface area contributed by atoms with Crippen molar-refractivity contribution in [1.82, 2.24) is 20.4 Å². The Labute approximate surface area is 350 Å². The van der Waals surface area contributed by atoms with Crippen molar-refractivity contribution in [2.24, 2.45) is 17.8 Å². The maximum Gasteiger partial charge on any atom is 0.311 e. The highest BCUT2D eigenvalue weighted by Gasteiger charge is 2.50. The molecule has 2 aliphatic heterocycles. The van der Waals surface area contributed by atoms with Crippen molar-refractivity contribution in [3.63, 3.8) is 0 Å². The number of carbonyl (C=O) groups excluding carboxylic acids is 1. The number of hydrogen-bond donors (Lipinski definition) is 7. The fourth-order valence-electron chi connectivity index (χ4n) is 9.11. The van der Waals surface area contributed by atoms with Gasteiger partial charge in [-0.15, -0.1) is 0 Å². The first-order valence-electron chi connectivity index (χ1n) is 22.2. The van der Waals surface area contributed by atoms with E-state index in [1.807, 2.05) is 45.8 Å². The highest BCUT2D eigenvalue weighted by molar-refractivity contribution is 5.73. The van der Waals surface area contributed by atoms with Crippen molar-refractivity contribution < 1.29 is 44.5 Å². The molecule has 0 amide bonds. The average Bonchev–Trinajstić information content (AvgIpc) is 3.17. The summed E-state index contributed by atoms with van der Waals surface area (Å²) in [6, 6.07) is 9.67. The van der Waals surface area contributed by atoms with Crippen molar-refractivity contribution in [2.75, 3.05) is 46.8 Å². The van der Waals surface area contributed by atoms with Crippen LogP contribution in [-0.4, -0.2) is 154 Å². The molecule has 13 nitrogen and oxygen atoms in total. The summed E-state index contributed by atoms with van der Waals surface area (Å²) in [5.41, 5.74) is -2.02. The van der Waals surface area contributed by atoms with Crippen LogP contribution in [0.25, 0.3) is 0 Å². The summed E-state index contributed by atoms with van der Waals surface area (Å²) in [7, 11) is 3.78. The molecule has 14 atom stereocenters. The first kappa shape index (κ1) is 50.6. The number of hydrogen-bond acceptors (Lipinski definition) is 13. The van der Waals surface area contributed by atoms with E-state index in [1.54, 1.807) is 27.7 Å². The molecule has 1 aromatic rings. The minimum absolute atomic E-state index is 0.131. The summed E-state index contributed by atoms with van der Waals surface area (Å²) in [6.45, 7) is 18.8. The summed E-state index contributed by atoms with van der Waals surface area (Å²) in [6.07, 6.45) is -0.549. The number of aliphatic hydroxyl groups is 5. The van der Waals surface area contributed by atoms with Crippen molar-refractivity contribution in [3.05, 3.63) is 35.9 Å². The average molecular weight is 823 g/mol. The number of esters is 1. The molecule has 13 heteroatoms. The molecule has 0 spiro atoms. The van der Waals surface area contributed by atoms with E-state index in [4.69, 9.17) is 14.2 Å². The molecule has 1 aromatic carbocycles. The summed E-state index contributed by atoms with van der Waals surface area (Å²) in [5.74, 6) is -2.72. The van der Waals surface area contributed by atoms with Gasteiger partial charge in [-0.05, 0) is 125 Å². The van der Waals surface area contributed by atoms with Gasteiger partial charge in [0.25, 0.3) is 0 Å². The Morgan fingerprint density at radius 1 is 0.897 bits per heavy atom. The van der Waals surface area contributed by atoms with Gasteiger partial charge in [0.15, 0.2) is 6.29 Å². The Morgan fingerprint density at radius 3 is 2.14 bits per heavy atom. The Hall–Kier alpha value is -1.75. The zero-order chi connectivity index (χ0) is 43.2. The van der Waals surface area contributed by atoms with E-state index < -0.39 is 71.9 Å². The number of cyclic esters (lactones) is 1. The van der Waals surface area contributed by atoms with Crippen LogP contribution in [0.1, 0.15) is 112 Å². The zero-order valence-corrected chi connectivity index (χ0v) is 37.5. The molecule has 7 N–H and O–H groups in total. The molecule has 0 aliphatic carbocycles. The van der Waals surface area contributed by atoms with Crippen LogP contribution in [0.3, 0.4) is 0 Å². The molecule has 0 bridgehead atoms. The van der Waals surface area contributed by atoms with E-state index in [1.165, 1.54) is 18.9 Å². The fraction of sp³-hybridized carbons (Fsp3) is 0.844. The Kier molecular flexibility index (Phi) is 21.0. The number of aliphatic hydroxyl groups excluding tert-OH is 3.